The van der Waals surface area contributed by atoms with Crippen molar-refractivity contribution in [1.82, 2.24) is 0 Å². The van der Waals surface area contributed by atoms with Crippen LogP contribution < -0.4 is 4.74 Å². The van der Waals surface area contributed by atoms with Crippen LogP contribution in [-0.2, 0) is 14.9 Å². The van der Waals surface area contributed by atoms with Gasteiger partial charge in [-0.2, -0.15) is 0 Å². The second kappa shape index (κ2) is 5.24. The maximum Gasteiger partial charge on any atom is 0.347 e. The third-order valence-electron chi connectivity index (χ3n) is 3.45. The number of benzene rings is 1. The molecule has 0 bridgehead atoms. The molecule has 3 nitrogen and oxygen atoms in total. The summed E-state index contributed by atoms with van der Waals surface area (Å²) in [7, 11) is 1.41. The van der Waals surface area contributed by atoms with Gasteiger partial charge in [-0.15, -0.1) is 0 Å². The maximum atomic E-state index is 11.7. The summed E-state index contributed by atoms with van der Waals surface area (Å²) < 4.78 is 10.7. The van der Waals surface area contributed by atoms with Gasteiger partial charge in [-0.1, -0.05) is 32.9 Å². The van der Waals surface area contributed by atoms with E-state index in [0.717, 1.165) is 18.6 Å². The summed E-state index contributed by atoms with van der Waals surface area (Å²) in [5, 5.41) is 0. The lowest BCUT2D eigenvalue weighted by molar-refractivity contribution is -0.149. The summed E-state index contributed by atoms with van der Waals surface area (Å²) in [6.07, 6.45) is 1.62. The molecule has 1 aliphatic carbocycles. The highest BCUT2D eigenvalue weighted by Crippen LogP contribution is 2.36. The largest absolute Gasteiger partial charge is 0.478 e. The average molecular weight is 262 g/mol. The predicted molar refractivity (Wildman–Crippen MR) is 74.3 cm³/mol. The third kappa shape index (κ3) is 3.49. The first-order valence-corrected chi connectivity index (χ1v) is 6.77. The molecular weight excluding hydrogens is 240 g/mol. The third-order valence-corrected chi connectivity index (χ3v) is 3.45. The zero-order valence-electron chi connectivity index (χ0n) is 12.1. The van der Waals surface area contributed by atoms with Gasteiger partial charge < -0.3 is 9.47 Å². The molecule has 0 N–H and O–H groups in total. The molecule has 1 aliphatic rings. The van der Waals surface area contributed by atoms with Crippen molar-refractivity contribution in [2.24, 2.45) is 5.92 Å². The van der Waals surface area contributed by atoms with E-state index < -0.39 is 6.10 Å². The predicted octanol–water partition coefficient (Wildman–Crippen LogP) is 3.31. The molecule has 0 aromatic heterocycles. The van der Waals surface area contributed by atoms with E-state index >= 15 is 0 Å². The SMILES string of the molecule is COC(=O)C(Oc1cccc(C(C)(C)C)c1)C1CC1. The van der Waals surface area contributed by atoms with Gasteiger partial charge in [-0.25, -0.2) is 4.79 Å². The Kier molecular flexibility index (Phi) is 3.83. The number of esters is 1. The Labute approximate surface area is 114 Å². The lowest BCUT2D eigenvalue weighted by Gasteiger charge is -2.21. The summed E-state index contributed by atoms with van der Waals surface area (Å²) in [5.74, 6) is 0.782. The van der Waals surface area contributed by atoms with Gasteiger partial charge in [-0.3, -0.25) is 0 Å². The van der Waals surface area contributed by atoms with Crippen molar-refractivity contribution in [2.45, 2.75) is 45.1 Å². The van der Waals surface area contributed by atoms with Crippen LogP contribution in [0.5, 0.6) is 5.75 Å². The summed E-state index contributed by atoms with van der Waals surface area (Å²) in [5.41, 5.74) is 1.27. The van der Waals surface area contributed by atoms with Gasteiger partial charge in [0.05, 0.1) is 7.11 Å². The van der Waals surface area contributed by atoms with E-state index in [4.69, 9.17) is 9.47 Å². The fourth-order valence-electron chi connectivity index (χ4n) is 2.03. The molecule has 1 unspecified atom stereocenters. The van der Waals surface area contributed by atoms with Crippen molar-refractivity contribution < 1.29 is 14.3 Å². The molecule has 0 heterocycles. The molecule has 1 atom stereocenters. The number of hydrogen-bond acceptors (Lipinski definition) is 3. The Morgan fingerprint density at radius 2 is 2.00 bits per heavy atom. The first-order valence-electron chi connectivity index (χ1n) is 6.77. The van der Waals surface area contributed by atoms with Crippen molar-refractivity contribution >= 4 is 5.97 Å². The van der Waals surface area contributed by atoms with Gasteiger partial charge in [0.15, 0.2) is 6.10 Å². The smallest absolute Gasteiger partial charge is 0.347 e. The van der Waals surface area contributed by atoms with Crippen LogP contribution in [0.15, 0.2) is 24.3 Å². The maximum absolute atomic E-state index is 11.7. The molecule has 0 amide bonds. The van der Waals surface area contributed by atoms with E-state index in [2.05, 4.69) is 26.8 Å². The number of rotatable bonds is 4. The molecule has 1 saturated carbocycles. The summed E-state index contributed by atoms with van der Waals surface area (Å²) >= 11 is 0. The summed E-state index contributed by atoms with van der Waals surface area (Å²) in [4.78, 5) is 11.7. The van der Waals surface area contributed by atoms with Crippen LogP contribution in [0.25, 0.3) is 0 Å². The van der Waals surface area contributed by atoms with E-state index in [1.54, 1.807) is 0 Å². The molecule has 0 radical (unpaired) electrons. The van der Waals surface area contributed by atoms with Crippen LogP contribution in [0.4, 0.5) is 0 Å². The zero-order valence-corrected chi connectivity index (χ0v) is 12.1. The molecule has 0 aliphatic heterocycles. The zero-order chi connectivity index (χ0) is 14.0. The van der Waals surface area contributed by atoms with Crippen molar-refractivity contribution in [3.05, 3.63) is 29.8 Å². The second-order valence-corrected chi connectivity index (χ2v) is 6.18. The van der Waals surface area contributed by atoms with Crippen molar-refractivity contribution in [2.75, 3.05) is 7.11 Å². The Balaban J connectivity index is 2.15. The molecule has 0 spiro atoms. The van der Waals surface area contributed by atoms with Gasteiger partial charge in [0.2, 0.25) is 0 Å². The highest BCUT2D eigenvalue weighted by atomic mass is 16.6. The normalized spacial score (nSPS) is 16.8. The van der Waals surface area contributed by atoms with Crippen LogP contribution >= 0.6 is 0 Å². The molecule has 0 saturated heterocycles. The first-order chi connectivity index (χ1) is 8.91. The van der Waals surface area contributed by atoms with Crippen LogP contribution in [0.2, 0.25) is 0 Å². The van der Waals surface area contributed by atoms with Crippen LogP contribution in [0, 0.1) is 5.92 Å². The average Bonchev–Trinajstić information content (AvgIpc) is 3.18. The van der Waals surface area contributed by atoms with E-state index in [1.807, 2.05) is 18.2 Å². The van der Waals surface area contributed by atoms with Gasteiger partial charge in [0.25, 0.3) is 0 Å². The topological polar surface area (TPSA) is 35.5 Å². The Bertz CT molecular complexity index is 455. The van der Waals surface area contributed by atoms with Gasteiger partial charge >= 0.3 is 5.97 Å². The van der Waals surface area contributed by atoms with Crippen LogP contribution in [0.1, 0.15) is 39.2 Å². The number of carbonyl (C=O) groups is 1. The quantitative estimate of drug-likeness (QED) is 0.781. The standard InChI is InChI=1S/C16H22O3/c1-16(2,3)12-6-5-7-13(10-12)19-14(11-8-9-11)15(17)18-4/h5-7,10-11,14H,8-9H2,1-4H3. The Hall–Kier alpha value is -1.51. The molecule has 1 aromatic rings. The Morgan fingerprint density at radius 3 is 2.53 bits per heavy atom. The van der Waals surface area contributed by atoms with Crippen molar-refractivity contribution in [3.8, 4) is 5.75 Å². The fourth-order valence-corrected chi connectivity index (χ4v) is 2.03. The second-order valence-electron chi connectivity index (χ2n) is 6.18. The van der Waals surface area contributed by atoms with E-state index in [9.17, 15) is 4.79 Å². The molecule has 1 aromatic carbocycles. The summed E-state index contributed by atoms with van der Waals surface area (Å²) in [6, 6.07) is 7.96. The van der Waals surface area contributed by atoms with Gasteiger partial charge in [0, 0.05) is 5.92 Å². The highest BCUT2D eigenvalue weighted by molar-refractivity contribution is 5.75. The lowest BCUT2D eigenvalue weighted by Crippen LogP contribution is -2.30. The molecule has 1 fully saturated rings. The molecule has 19 heavy (non-hydrogen) atoms. The molecule has 2 rings (SSSR count). The number of ether oxygens (including phenoxy) is 2. The minimum atomic E-state index is -0.458. The number of methoxy groups -OCH3 is 1. The summed E-state index contributed by atoms with van der Waals surface area (Å²) in [6.45, 7) is 6.47. The van der Waals surface area contributed by atoms with Gasteiger partial charge in [-0.05, 0) is 36.0 Å². The van der Waals surface area contributed by atoms with E-state index in [1.165, 1.54) is 12.7 Å². The molecule has 104 valence electrons. The Morgan fingerprint density at radius 1 is 1.32 bits per heavy atom. The first kappa shape index (κ1) is 13.9. The van der Waals surface area contributed by atoms with E-state index in [0.29, 0.717) is 5.92 Å². The van der Waals surface area contributed by atoms with Crippen molar-refractivity contribution in [1.29, 1.82) is 0 Å². The van der Waals surface area contributed by atoms with Crippen LogP contribution in [0.3, 0.4) is 0 Å². The molecule has 3 heteroatoms. The van der Waals surface area contributed by atoms with E-state index in [-0.39, 0.29) is 11.4 Å². The monoisotopic (exact) mass is 262 g/mol. The fraction of sp³-hybridized carbons (Fsp3) is 0.562. The number of carbonyl (C=O) groups excluding carboxylic acids is 1. The number of hydrogen-bond donors (Lipinski definition) is 0. The van der Waals surface area contributed by atoms with Gasteiger partial charge in [0.1, 0.15) is 5.75 Å². The minimum Gasteiger partial charge on any atom is -0.478 e. The highest BCUT2D eigenvalue weighted by Gasteiger charge is 2.39. The van der Waals surface area contributed by atoms with Crippen molar-refractivity contribution in [3.63, 3.8) is 0 Å². The molecular formula is C16H22O3. The minimum absolute atomic E-state index is 0.0692. The lowest BCUT2D eigenvalue weighted by atomic mass is 9.87. The van der Waals surface area contributed by atoms with Crippen LogP contribution in [-0.4, -0.2) is 19.2 Å².